The summed E-state index contributed by atoms with van der Waals surface area (Å²) in [6.45, 7) is 0.0245. The first-order valence-electron chi connectivity index (χ1n) is 4.96. The van der Waals surface area contributed by atoms with Crippen LogP contribution in [0.3, 0.4) is 0 Å². The monoisotopic (exact) mass is 251 g/mol. The van der Waals surface area contributed by atoms with Crippen LogP contribution in [0, 0.1) is 10.1 Å². The van der Waals surface area contributed by atoms with E-state index in [9.17, 15) is 14.9 Å². The molecule has 0 N–H and O–H groups in total. The first-order chi connectivity index (χ1) is 8.61. The summed E-state index contributed by atoms with van der Waals surface area (Å²) in [5.41, 5.74) is 0.0778. The fraction of sp³-hybridized carbons (Fsp3) is 0.182. The summed E-state index contributed by atoms with van der Waals surface area (Å²) in [7, 11) is 1.22. The van der Waals surface area contributed by atoms with Crippen LogP contribution in [0.25, 0.3) is 6.08 Å². The minimum Gasteiger partial charge on any atom is -0.466 e. The maximum absolute atomic E-state index is 11.0. The SMILES string of the molecule is COC(=O)C=Cc1cc2c(cc1[N+](=O)[O-])OCO2. The molecule has 0 fully saturated rings. The van der Waals surface area contributed by atoms with Crippen molar-refractivity contribution in [3.05, 3.63) is 33.9 Å². The molecule has 0 spiro atoms. The molecular formula is C11H9NO6. The van der Waals surface area contributed by atoms with Crippen molar-refractivity contribution >= 4 is 17.7 Å². The molecule has 0 saturated carbocycles. The molecular weight excluding hydrogens is 242 g/mol. The number of hydrogen-bond acceptors (Lipinski definition) is 6. The van der Waals surface area contributed by atoms with E-state index in [4.69, 9.17) is 9.47 Å². The number of nitrogens with zero attached hydrogens (tertiary/aromatic N) is 1. The number of esters is 1. The zero-order chi connectivity index (χ0) is 13.1. The molecule has 0 bridgehead atoms. The van der Waals surface area contributed by atoms with Crippen LogP contribution in [0.2, 0.25) is 0 Å². The Balaban J connectivity index is 2.42. The maximum Gasteiger partial charge on any atom is 0.330 e. The Bertz CT molecular complexity index is 537. The molecule has 94 valence electrons. The van der Waals surface area contributed by atoms with Gasteiger partial charge in [-0.3, -0.25) is 10.1 Å². The van der Waals surface area contributed by atoms with Gasteiger partial charge in [0.2, 0.25) is 6.79 Å². The van der Waals surface area contributed by atoms with Gasteiger partial charge in [-0.05, 0) is 12.1 Å². The molecule has 18 heavy (non-hydrogen) atoms. The van der Waals surface area contributed by atoms with Gasteiger partial charge in [0.05, 0.1) is 23.7 Å². The van der Waals surface area contributed by atoms with Crippen LogP contribution in [-0.2, 0) is 9.53 Å². The van der Waals surface area contributed by atoms with Crippen molar-refractivity contribution in [1.82, 2.24) is 0 Å². The van der Waals surface area contributed by atoms with Crippen LogP contribution in [0.15, 0.2) is 18.2 Å². The summed E-state index contributed by atoms with van der Waals surface area (Å²) in [6.07, 6.45) is 2.40. The zero-order valence-corrected chi connectivity index (χ0v) is 9.41. The number of methoxy groups -OCH3 is 1. The molecule has 7 nitrogen and oxygen atoms in total. The number of ether oxygens (including phenoxy) is 3. The number of benzene rings is 1. The average Bonchev–Trinajstić information content (AvgIpc) is 2.81. The summed E-state index contributed by atoms with van der Waals surface area (Å²) >= 11 is 0. The Morgan fingerprint density at radius 1 is 1.44 bits per heavy atom. The number of fused-ring (bicyclic) bond motifs is 1. The van der Waals surface area contributed by atoms with Crippen LogP contribution in [0.5, 0.6) is 11.5 Å². The van der Waals surface area contributed by atoms with Crippen LogP contribution in [0.1, 0.15) is 5.56 Å². The van der Waals surface area contributed by atoms with Crippen molar-refractivity contribution in [2.45, 2.75) is 0 Å². The number of rotatable bonds is 3. The van der Waals surface area contributed by atoms with Crippen molar-refractivity contribution in [1.29, 1.82) is 0 Å². The van der Waals surface area contributed by atoms with Gasteiger partial charge in [0.15, 0.2) is 11.5 Å². The van der Waals surface area contributed by atoms with Gasteiger partial charge in [-0.25, -0.2) is 4.79 Å². The number of carbonyl (C=O) groups is 1. The second-order valence-electron chi connectivity index (χ2n) is 3.38. The third-order valence-corrected chi connectivity index (χ3v) is 2.32. The number of carbonyl (C=O) groups excluding carboxylic acids is 1. The van der Waals surface area contributed by atoms with E-state index in [1.807, 2.05) is 0 Å². The minimum absolute atomic E-state index is 0.0245. The highest BCUT2D eigenvalue weighted by Crippen LogP contribution is 2.38. The highest BCUT2D eigenvalue weighted by molar-refractivity contribution is 5.88. The number of nitro benzene ring substituents is 1. The second kappa shape index (κ2) is 4.74. The molecule has 1 aliphatic rings. The normalized spacial score (nSPS) is 12.7. The molecule has 0 aromatic heterocycles. The molecule has 1 aromatic rings. The summed E-state index contributed by atoms with van der Waals surface area (Å²) in [6, 6.07) is 2.71. The van der Waals surface area contributed by atoms with Crippen LogP contribution < -0.4 is 9.47 Å². The molecule has 0 atom stereocenters. The summed E-state index contributed by atoms with van der Waals surface area (Å²) in [5, 5.41) is 10.9. The van der Waals surface area contributed by atoms with Crippen molar-refractivity contribution < 1.29 is 23.9 Å². The van der Waals surface area contributed by atoms with E-state index in [0.29, 0.717) is 11.5 Å². The molecule has 0 radical (unpaired) electrons. The summed E-state index contributed by atoms with van der Waals surface area (Å²) in [4.78, 5) is 21.3. The molecule has 1 aliphatic heterocycles. The fourth-order valence-corrected chi connectivity index (χ4v) is 1.46. The fourth-order valence-electron chi connectivity index (χ4n) is 1.46. The molecule has 0 amide bonds. The summed E-state index contributed by atoms with van der Waals surface area (Å²) < 4.78 is 14.6. The van der Waals surface area contributed by atoms with Gasteiger partial charge in [0, 0.05) is 6.08 Å². The van der Waals surface area contributed by atoms with E-state index < -0.39 is 10.9 Å². The zero-order valence-electron chi connectivity index (χ0n) is 9.41. The highest BCUT2D eigenvalue weighted by Gasteiger charge is 2.22. The Hall–Kier alpha value is -2.57. The van der Waals surface area contributed by atoms with Crippen LogP contribution >= 0.6 is 0 Å². The quantitative estimate of drug-likeness (QED) is 0.350. The predicted octanol–water partition coefficient (Wildman–Crippen LogP) is 1.51. The van der Waals surface area contributed by atoms with E-state index in [-0.39, 0.29) is 18.0 Å². The number of nitro groups is 1. The van der Waals surface area contributed by atoms with Crippen molar-refractivity contribution in [3.8, 4) is 11.5 Å². The van der Waals surface area contributed by atoms with Crippen molar-refractivity contribution in [2.75, 3.05) is 13.9 Å². The lowest BCUT2D eigenvalue weighted by molar-refractivity contribution is -0.385. The Morgan fingerprint density at radius 3 is 2.72 bits per heavy atom. The highest BCUT2D eigenvalue weighted by atomic mass is 16.7. The van der Waals surface area contributed by atoms with Crippen molar-refractivity contribution in [2.24, 2.45) is 0 Å². The lowest BCUT2D eigenvalue weighted by Crippen LogP contribution is -1.95. The van der Waals surface area contributed by atoms with E-state index in [1.54, 1.807) is 0 Å². The summed E-state index contributed by atoms with van der Waals surface area (Å²) in [5.74, 6) is 0.129. The first-order valence-corrected chi connectivity index (χ1v) is 4.96. The van der Waals surface area contributed by atoms with Gasteiger partial charge < -0.3 is 14.2 Å². The largest absolute Gasteiger partial charge is 0.466 e. The Morgan fingerprint density at radius 2 is 2.11 bits per heavy atom. The van der Waals surface area contributed by atoms with Gasteiger partial charge in [-0.2, -0.15) is 0 Å². The topological polar surface area (TPSA) is 87.9 Å². The van der Waals surface area contributed by atoms with Crippen LogP contribution in [0.4, 0.5) is 5.69 Å². The molecule has 7 heteroatoms. The third kappa shape index (κ3) is 2.24. The lowest BCUT2D eigenvalue weighted by Gasteiger charge is -2.00. The average molecular weight is 251 g/mol. The smallest absolute Gasteiger partial charge is 0.330 e. The van der Waals surface area contributed by atoms with E-state index in [2.05, 4.69) is 4.74 Å². The molecule has 0 unspecified atom stereocenters. The lowest BCUT2D eigenvalue weighted by atomic mass is 10.1. The van der Waals surface area contributed by atoms with Gasteiger partial charge in [-0.1, -0.05) is 0 Å². The van der Waals surface area contributed by atoms with Gasteiger partial charge in [-0.15, -0.1) is 0 Å². The van der Waals surface area contributed by atoms with E-state index in [0.717, 1.165) is 6.08 Å². The maximum atomic E-state index is 11.0. The minimum atomic E-state index is -0.595. The third-order valence-electron chi connectivity index (χ3n) is 2.32. The van der Waals surface area contributed by atoms with E-state index in [1.165, 1.54) is 25.3 Å². The second-order valence-corrected chi connectivity index (χ2v) is 3.38. The first kappa shape index (κ1) is 11.9. The molecule has 1 heterocycles. The number of hydrogen-bond donors (Lipinski definition) is 0. The molecule has 0 saturated heterocycles. The Labute approximate surface area is 102 Å². The Kier molecular flexibility index (Phi) is 3.13. The van der Waals surface area contributed by atoms with Crippen LogP contribution in [-0.4, -0.2) is 24.8 Å². The standard InChI is InChI=1S/C11H9NO6/c1-16-11(13)3-2-7-4-9-10(18-6-17-9)5-8(7)12(14)15/h2-5H,6H2,1H3. The molecule has 2 rings (SSSR count). The van der Waals surface area contributed by atoms with Gasteiger partial charge in [0.25, 0.3) is 5.69 Å². The van der Waals surface area contributed by atoms with E-state index >= 15 is 0 Å². The van der Waals surface area contributed by atoms with Gasteiger partial charge in [0.1, 0.15) is 0 Å². The van der Waals surface area contributed by atoms with Gasteiger partial charge >= 0.3 is 5.97 Å². The molecule has 1 aromatic carbocycles. The van der Waals surface area contributed by atoms with Crippen molar-refractivity contribution in [3.63, 3.8) is 0 Å². The molecule has 0 aliphatic carbocycles. The predicted molar refractivity (Wildman–Crippen MR) is 60.3 cm³/mol.